The Hall–Kier alpha value is -3.26. The molecule has 0 fully saturated rings. The molecule has 3 aromatic rings. The number of carbonyl (C=O) groups excluding carboxylic acids is 1. The summed E-state index contributed by atoms with van der Waals surface area (Å²) in [7, 11) is 1.71. The molecule has 0 bridgehead atoms. The molecule has 0 amide bonds. The number of pyridine rings is 1. The lowest BCUT2D eigenvalue weighted by molar-refractivity contribution is 0.103. The maximum absolute atomic E-state index is 14.6. The van der Waals surface area contributed by atoms with Crippen LogP contribution in [0.15, 0.2) is 36.5 Å². The van der Waals surface area contributed by atoms with E-state index < -0.39 is 11.6 Å². The van der Waals surface area contributed by atoms with E-state index in [-0.39, 0.29) is 16.7 Å². The Morgan fingerprint density at radius 1 is 1.19 bits per heavy atom. The molecule has 2 heterocycles. The first-order valence-corrected chi connectivity index (χ1v) is 8.31. The van der Waals surface area contributed by atoms with Crippen LogP contribution in [0.3, 0.4) is 0 Å². The van der Waals surface area contributed by atoms with Gasteiger partial charge in [0.05, 0.1) is 5.56 Å². The van der Waals surface area contributed by atoms with E-state index in [1.165, 1.54) is 24.4 Å². The number of hydrogen-bond donors (Lipinski definition) is 3. The molecule has 4 N–H and O–H groups in total. The third kappa shape index (κ3) is 3.95. The van der Waals surface area contributed by atoms with Gasteiger partial charge >= 0.3 is 0 Å². The van der Waals surface area contributed by atoms with Crippen molar-refractivity contribution in [3.8, 4) is 0 Å². The van der Waals surface area contributed by atoms with Crippen LogP contribution in [0.1, 0.15) is 21.5 Å². The number of nitrogen functional groups attached to an aromatic ring is 1. The smallest absolute Gasteiger partial charge is 0.223 e. The topological polar surface area (TPSA) is 106 Å². The van der Waals surface area contributed by atoms with E-state index in [9.17, 15) is 9.18 Å². The fourth-order valence-corrected chi connectivity index (χ4v) is 2.79. The van der Waals surface area contributed by atoms with E-state index in [4.69, 9.17) is 17.3 Å². The van der Waals surface area contributed by atoms with E-state index >= 15 is 0 Å². The van der Waals surface area contributed by atoms with Crippen LogP contribution in [0.2, 0.25) is 5.15 Å². The van der Waals surface area contributed by atoms with Gasteiger partial charge in [-0.1, -0.05) is 11.6 Å². The standard InChI is InChI=1S/C18H16ClFN6O/c1-9-11(5-6-23-17(9)22-2)16(27)12-4-3-10(7-13(12)20)24-15-8-14(19)25-18(21)26-15/h3-8H,1-2H3,(H,22,23)(H3,21,24,25,26). The first-order chi connectivity index (χ1) is 12.9. The minimum Gasteiger partial charge on any atom is -0.373 e. The van der Waals surface area contributed by atoms with Crippen LogP contribution in [0.4, 0.5) is 27.7 Å². The van der Waals surface area contributed by atoms with E-state index in [1.54, 1.807) is 26.1 Å². The summed E-state index contributed by atoms with van der Waals surface area (Å²) >= 11 is 5.82. The lowest BCUT2D eigenvalue weighted by atomic mass is 9.99. The maximum atomic E-state index is 14.6. The zero-order valence-electron chi connectivity index (χ0n) is 14.5. The summed E-state index contributed by atoms with van der Waals surface area (Å²) in [5.74, 6) is -0.219. The number of aromatic nitrogens is 3. The number of rotatable bonds is 5. The summed E-state index contributed by atoms with van der Waals surface area (Å²) in [4.78, 5) is 24.6. The van der Waals surface area contributed by atoms with Gasteiger partial charge in [-0.3, -0.25) is 4.79 Å². The normalized spacial score (nSPS) is 10.5. The highest BCUT2D eigenvalue weighted by Gasteiger charge is 2.18. The molecule has 0 radical (unpaired) electrons. The van der Waals surface area contributed by atoms with Gasteiger partial charge in [0, 0.05) is 36.1 Å². The van der Waals surface area contributed by atoms with Gasteiger partial charge in [0.25, 0.3) is 0 Å². The fourth-order valence-electron chi connectivity index (χ4n) is 2.60. The van der Waals surface area contributed by atoms with Crippen molar-refractivity contribution in [2.75, 3.05) is 23.4 Å². The Bertz CT molecular complexity index is 1010. The van der Waals surface area contributed by atoms with Crippen molar-refractivity contribution in [3.63, 3.8) is 0 Å². The first kappa shape index (κ1) is 18.5. The van der Waals surface area contributed by atoms with Crippen molar-refractivity contribution in [3.05, 3.63) is 64.2 Å². The average Bonchev–Trinajstić information content (AvgIpc) is 2.60. The van der Waals surface area contributed by atoms with Crippen LogP contribution in [0.25, 0.3) is 0 Å². The second-order valence-corrected chi connectivity index (χ2v) is 6.05. The summed E-state index contributed by atoms with van der Waals surface area (Å²) in [5.41, 5.74) is 6.91. The van der Waals surface area contributed by atoms with Crippen LogP contribution in [-0.4, -0.2) is 27.8 Å². The zero-order valence-corrected chi connectivity index (χ0v) is 15.3. The maximum Gasteiger partial charge on any atom is 0.223 e. The molecule has 138 valence electrons. The van der Waals surface area contributed by atoms with Crippen LogP contribution in [-0.2, 0) is 0 Å². The largest absolute Gasteiger partial charge is 0.373 e. The molecule has 7 nitrogen and oxygen atoms in total. The summed E-state index contributed by atoms with van der Waals surface area (Å²) < 4.78 is 14.6. The fraction of sp³-hybridized carbons (Fsp3) is 0.111. The molecule has 9 heteroatoms. The highest BCUT2D eigenvalue weighted by Crippen LogP contribution is 2.24. The number of hydrogen-bond acceptors (Lipinski definition) is 7. The highest BCUT2D eigenvalue weighted by atomic mass is 35.5. The third-order valence-corrected chi connectivity index (χ3v) is 4.08. The molecule has 0 spiro atoms. The molecular formula is C18H16ClFN6O. The molecule has 0 saturated carbocycles. The summed E-state index contributed by atoms with van der Waals surface area (Å²) in [6, 6.07) is 7.20. The van der Waals surface area contributed by atoms with Gasteiger partial charge in [0.1, 0.15) is 22.6 Å². The number of anilines is 4. The molecule has 0 saturated heterocycles. The van der Waals surface area contributed by atoms with Crippen molar-refractivity contribution < 1.29 is 9.18 Å². The Balaban J connectivity index is 1.90. The van der Waals surface area contributed by atoms with Crippen LogP contribution < -0.4 is 16.4 Å². The predicted molar refractivity (Wildman–Crippen MR) is 103 cm³/mol. The molecule has 0 atom stereocenters. The molecule has 0 aliphatic carbocycles. The van der Waals surface area contributed by atoms with Gasteiger partial charge < -0.3 is 16.4 Å². The molecular weight excluding hydrogens is 371 g/mol. The van der Waals surface area contributed by atoms with Crippen molar-refractivity contribution >= 4 is 40.7 Å². The lowest BCUT2D eigenvalue weighted by Crippen LogP contribution is -2.09. The number of halogens is 2. The zero-order chi connectivity index (χ0) is 19.6. The van der Waals surface area contributed by atoms with Gasteiger partial charge in [-0.05, 0) is 31.2 Å². The minimum absolute atomic E-state index is 0.00855. The predicted octanol–water partition coefficient (Wildman–Crippen LogP) is 3.57. The molecule has 0 unspecified atom stereocenters. The first-order valence-electron chi connectivity index (χ1n) is 7.93. The molecule has 27 heavy (non-hydrogen) atoms. The minimum atomic E-state index is -0.666. The SMILES string of the molecule is CNc1nccc(C(=O)c2ccc(Nc3cc(Cl)nc(N)n3)cc2F)c1C. The number of benzene rings is 1. The molecule has 3 rings (SSSR count). The molecule has 0 aliphatic heterocycles. The van der Waals surface area contributed by atoms with Crippen molar-refractivity contribution in [2.24, 2.45) is 0 Å². The quantitative estimate of drug-likeness (QED) is 0.454. The van der Waals surface area contributed by atoms with Crippen molar-refractivity contribution in [1.82, 2.24) is 15.0 Å². The second kappa shape index (κ2) is 7.55. The van der Waals surface area contributed by atoms with E-state index in [0.29, 0.717) is 28.5 Å². The summed E-state index contributed by atoms with van der Waals surface area (Å²) in [5, 5.41) is 5.94. The van der Waals surface area contributed by atoms with Crippen LogP contribution in [0.5, 0.6) is 0 Å². The Kier molecular flexibility index (Phi) is 5.18. The van der Waals surface area contributed by atoms with Crippen LogP contribution in [0, 0.1) is 12.7 Å². The summed E-state index contributed by atoms with van der Waals surface area (Å²) in [6.07, 6.45) is 1.50. The lowest BCUT2D eigenvalue weighted by Gasteiger charge is -2.11. The third-order valence-electron chi connectivity index (χ3n) is 3.88. The number of nitrogens with two attached hydrogens (primary N) is 1. The van der Waals surface area contributed by atoms with Gasteiger partial charge in [-0.25, -0.2) is 14.4 Å². The van der Waals surface area contributed by atoms with E-state index in [1.807, 2.05) is 0 Å². The Labute approximate surface area is 159 Å². The number of carbonyl (C=O) groups is 1. The average molecular weight is 387 g/mol. The van der Waals surface area contributed by atoms with Gasteiger partial charge in [0.15, 0.2) is 5.78 Å². The Morgan fingerprint density at radius 3 is 2.63 bits per heavy atom. The second-order valence-electron chi connectivity index (χ2n) is 5.66. The van der Waals surface area contributed by atoms with Gasteiger partial charge in [-0.2, -0.15) is 4.98 Å². The molecule has 2 aromatic heterocycles. The van der Waals surface area contributed by atoms with Crippen molar-refractivity contribution in [2.45, 2.75) is 6.92 Å². The number of nitrogens with one attached hydrogen (secondary N) is 2. The molecule has 0 aliphatic rings. The van der Waals surface area contributed by atoms with Gasteiger partial charge in [0.2, 0.25) is 5.95 Å². The number of ketones is 1. The Morgan fingerprint density at radius 2 is 1.96 bits per heavy atom. The summed E-state index contributed by atoms with van der Waals surface area (Å²) in [6.45, 7) is 1.75. The van der Waals surface area contributed by atoms with Gasteiger partial charge in [-0.15, -0.1) is 0 Å². The van der Waals surface area contributed by atoms with E-state index in [2.05, 4.69) is 25.6 Å². The highest BCUT2D eigenvalue weighted by molar-refractivity contribution is 6.29. The van der Waals surface area contributed by atoms with E-state index in [0.717, 1.165) is 0 Å². The van der Waals surface area contributed by atoms with Crippen molar-refractivity contribution in [1.29, 1.82) is 0 Å². The number of nitrogens with zero attached hydrogens (tertiary/aromatic N) is 3. The molecule has 1 aromatic carbocycles. The van der Waals surface area contributed by atoms with Crippen LogP contribution >= 0.6 is 11.6 Å². The monoisotopic (exact) mass is 386 g/mol.